The maximum Gasteiger partial charge on any atom is 0.139 e. The van der Waals surface area contributed by atoms with E-state index in [1.54, 1.807) is 12.7 Å². The van der Waals surface area contributed by atoms with Gasteiger partial charge in [0, 0.05) is 30.3 Å². The summed E-state index contributed by atoms with van der Waals surface area (Å²) in [6.45, 7) is 4.59. The molecule has 2 nitrogen and oxygen atoms in total. The van der Waals surface area contributed by atoms with E-state index in [2.05, 4.69) is 38.2 Å². The number of fused-ring (bicyclic) bond motifs is 5. The number of hydrogen-bond acceptors (Lipinski definition) is 2. The molecule has 1 fully saturated rings. The predicted molar refractivity (Wildman–Crippen MR) is 87.4 cm³/mol. The summed E-state index contributed by atoms with van der Waals surface area (Å²) in [5.74, 6) is 1.46. The molecule has 118 valence electrons. The fourth-order valence-electron chi connectivity index (χ4n) is 5.43. The third-order valence-electron chi connectivity index (χ3n) is 7.03. The molecule has 1 saturated carbocycles. The number of allylic oxidation sites excluding steroid dienone is 5. The van der Waals surface area contributed by atoms with Crippen molar-refractivity contribution in [3.05, 3.63) is 35.5 Å². The molecule has 0 saturated heterocycles. The van der Waals surface area contributed by atoms with Gasteiger partial charge in [0.25, 0.3) is 0 Å². The first-order valence-electron chi connectivity index (χ1n) is 8.66. The van der Waals surface area contributed by atoms with E-state index < -0.39 is 0 Å². The maximum atomic E-state index is 12.4. The second-order valence-electron chi connectivity index (χ2n) is 8.00. The molecule has 4 rings (SSSR count). The molecule has 0 aliphatic heterocycles. The molecule has 0 amide bonds. The molecule has 0 spiro atoms. The highest BCUT2D eigenvalue weighted by molar-refractivity contribution is 5.87. The molecule has 0 aromatic heterocycles. The van der Waals surface area contributed by atoms with E-state index in [4.69, 9.17) is 4.74 Å². The van der Waals surface area contributed by atoms with Crippen LogP contribution >= 0.6 is 0 Å². The van der Waals surface area contributed by atoms with Crippen molar-refractivity contribution in [2.45, 2.75) is 52.1 Å². The lowest BCUT2D eigenvalue weighted by Gasteiger charge is -2.50. The van der Waals surface area contributed by atoms with Gasteiger partial charge in [-0.3, -0.25) is 4.79 Å². The normalized spacial score (nSPS) is 46.5. The van der Waals surface area contributed by atoms with E-state index in [-0.39, 0.29) is 16.9 Å². The third kappa shape index (κ3) is 1.73. The van der Waals surface area contributed by atoms with Crippen molar-refractivity contribution in [2.24, 2.45) is 22.7 Å². The lowest BCUT2D eigenvalue weighted by Crippen LogP contribution is -2.43. The van der Waals surface area contributed by atoms with Crippen molar-refractivity contribution in [2.75, 3.05) is 7.11 Å². The van der Waals surface area contributed by atoms with Crippen molar-refractivity contribution >= 4 is 5.78 Å². The van der Waals surface area contributed by atoms with E-state index >= 15 is 0 Å². The molecule has 0 N–H and O–H groups in total. The summed E-state index contributed by atoms with van der Waals surface area (Å²) >= 11 is 0. The van der Waals surface area contributed by atoms with Crippen molar-refractivity contribution in [1.82, 2.24) is 0 Å². The number of Topliss-reactive ketones (excluding diaryl/α,β-unsaturated/α-hetero) is 1. The Bertz CT molecular complexity index is 611. The Morgan fingerprint density at radius 3 is 2.86 bits per heavy atom. The fourth-order valence-corrected chi connectivity index (χ4v) is 5.43. The van der Waals surface area contributed by atoms with E-state index in [1.165, 1.54) is 5.57 Å². The van der Waals surface area contributed by atoms with E-state index in [0.29, 0.717) is 17.6 Å². The van der Waals surface area contributed by atoms with Gasteiger partial charge in [0.15, 0.2) is 0 Å². The van der Waals surface area contributed by atoms with Crippen molar-refractivity contribution < 1.29 is 9.53 Å². The van der Waals surface area contributed by atoms with Gasteiger partial charge in [0.05, 0.1) is 6.10 Å². The van der Waals surface area contributed by atoms with Crippen LogP contribution in [0.3, 0.4) is 0 Å². The number of methoxy groups -OCH3 is 1. The molecule has 2 heteroatoms. The highest BCUT2D eigenvalue weighted by Gasteiger charge is 2.54. The SMILES string of the molecule is COC1C=C2C=CC3C(=CCC4(C)C(=O)CCC34)C2(C)CC1. The lowest BCUT2D eigenvalue weighted by molar-refractivity contribution is -0.126. The minimum atomic E-state index is -0.111. The van der Waals surface area contributed by atoms with Crippen LogP contribution < -0.4 is 0 Å². The first-order chi connectivity index (χ1) is 10.5. The highest BCUT2D eigenvalue weighted by Crippen LogP contribution is 2.60. The molecule has 4 aliphatic carbocycles. The Kier molecular flexibility index (Phi) is 3.07. The summed E-state index contributed by atoms with van der Waals surface area (Å²) < 4.78 is 5.55. The van der Waals surface area contributed by atoms with Crippen molar-refractivity contribution in [3.8, 4) is 0 Å². The van der Waals surface area contributed by atoms with Crippen LogP contribution in [0.1, 0.15) is 46.0 Å². The molecule has 0 aromatic rings. The Morgan fingerprint density at radius 1 is 1.27 bits per heavy atom. The van der Waals surface area contributed by atoms with Crippen LogP contribution in [0.2, 0.25) is 0 Å². The Labute approximate surface area is 133 Å². The molecular formula is C20H26O2. The fraction of sp³-hybridized carbons (Fsp3) is 0.650. The number of carbonyl (C=O) groups is 1. The molecule has 5 atom stereocenters. The van der Waals surface area contributed by atoms with Gasteiger partial charge in [-0.2, -0.15) is 0 Å². The van der Waals surface area contributed by atoms with Crippen molar-refractivity contribution in [1.29, 1.82) is 0 Å². The average molecular weight is 298 g/mol. The maximum absolute atomic E-state index is 12.4. The van der Waals surface area contributed by atoms with Crippen LogP contribution in [-0.2, 0) is 9.53 Å². The number of ketones is 1. The molecule has 22 heavy (non-hydrogen) atoms. The van der Waals surface area contributed by atoms with Gasteiger partial charge >= 0.3 is 0 Å². The molecule has 4 aliphatic rings. The van der Waals surface area contributed by atoms with E-state index in [0.717, 1.165) is 32.1 Å². The van der Waals surface area contributed by atoms with Crippen molar-refractivity contribution in [3.63, 3.8) is 0 Å². The minimum absolute atomic E-state index is 0.111. The Balaban J connectivity index is 1.78. The quantitative estimate of drug-likeness (QED) is 0.677. The topological polar surface area (TPSA) is 26.3 Å². The Hall–Kier alpha value is -1.15. The smallest absolute Gasteiger partial charge is 0.139 e. The van der Waals surface area contributed by atoms with Gasteiger partial charge < -0.3 is 4.74 Å². The molecule has 0 bridgehead atoms. The first kappa shape index (κ1) is 14.4. The largest absolute Gasteiger partial charge is 0.377 e. The number of carbonyl (C=O) groups excluding carboxylic acids is 1. The van der Waals surface area contributed by atoms with Gasteiger partial charge in [-0.25, -0.2) is 0 Å². The summed E-state index contributed by atoms with van der Waals surface area (Å²) in [6.07, 6.45) is 14.7. The van der Waals surface area contributed by atoms with Gasteiger partial charge in [-0.1, -0.05) is 43.7 Å². The monoisotopic (exact) mass is 298 g/mol. The highest BCUT2D eigenvalue weighted by atomic mass is 16.5. The van der Waals surface area contributed by atoms with E-state index in [9.17, 15) is 4.79 Å². The number of rotatable bonds is 1. The zero-order valence-corrected chi connectivity index (χ0v) is 13.9. The van der Waals surface area contributed by atoms with Crippen LogP contribution in [0.15, 0.2) is 35.5 Å². The standard InChI is InChI=1S/C20H26O2/c1-19-10-8-14(22-3)12-13(19)4-5-15-16-6-7-18(21)20(16,2)11-9-17(15)19/h4-5,9,12,14-16H,6-8,10-11H2,1-3H3. The molecular weight excluding hydrogens is 272 g/mol. The zero-order valence-electron chi connectivity index (χ0n) is 13.9. The summed E-state index contributed by atoms with van der Waals surface area (Å²) in [5.41, 5.74) is 3.04. The summed E-state index contributed by atoms with van der Waals surface area (Å²) in [4.78, 5) is 12.4. The van der Waals surface area contributed by atoms with Crippen LogP contribution in [0.4, 0.5) is 0 Å². The van der Waals surface area contributed by atoms with Crippen LogP contribution in [0.5, 0.6) is 0 Å². The predicted octanol–water partition coefficient (Wildman–Crippen LogP) is 4.23. The lowest BCUT2D eigenvalue weighted by atomic mass is 9.54. The average Bonchev–Trinajstić information content (AvgIpc) is 2.82. The second-order valence-corrected chi connectivity index (χ2v) is 8.00. The van der Waals surface area contributed by atoms with Gasteiger partial charge in [-0.05, 0) is 37.2 Å². The summed E-state index contributed by atoms with van der Waals surface area (Å²) in [5, 5.41) is 0. The van der Waals surface area contributed by atoms with Crippen LogP contribution in [0, 0.1) is 22.7 Å². The van der Waals surface area contributed by atoms with E-state index in [1.807, 2.05) is 0 Å². The summed E-state index contributed by atoms with van der Waals surface area (Å²) in [6, 6.07) is 0. The molecule has 0 radical (unpaired) electrons. The van der Waals surface area contributed by atoms with Crippen LogP contribution in [-0.4, -0.2) is 19.0 Å². The number of ether oxygens (including phenoxy) is 1. The Morgan fingerprint density at radius 2 is 2.09 bits per heavy atom. The molecule has 0 heterocycles. The molecule has 0 aromatic carbocycles. The van der Waals surface area contributed by atoms with Gasteiger partial charge in [-0.15, -0.1) is 0 Å². The summed E-state index contributed by atoms with van der Waals surface area (Å²) in [7, 11) is 1.80. The molecule has 5 unspecified atom stereocenters. The van der Waals surface area contributed by atoms with Gasteiger partial charge in [0.1, 0.15) is 5.78 Å². The third-order valence-corrected chi connectivity index (χ3v) is 7.03. The minimum Gasteiger partial charge on any atom is -0.377 e. The second kappa shape index (κ2) is 4.67. The van der Waals surface area contributed by atoms with Gasteiger partial charge in [0.2, 0.25) is 0 Å². The number of hydrogen-bond donors (Lipinski definition) is 0. The first-order valence-corrected chi connectivity index (χ1v) is 8.66. The van der Waals surface area contributed by atoms with Crippen LogP contribution in [0.25, 0.3) is 0 Å². The zero-order chi connectivity index (χ0) is 15.5.